The molecule has 0 spiro atoms. The van der Waals surface area contributed by atoms with Gasteiger partial charge in [-0.25, -0.2) is 0 Å². The Morgan fingerprint density at radius 3 is 2.38 bits per heavy atom. The predicted molar refractivity (Wildman–Crippen MR) is 68.6 cm³/mol. The van der Waals surface area contributed by atoms with Gasteiger partial charge >= 0.3 is 0 Å². The Morgan fingerprint density at radius 2 is 1.88 bits per heavy atom. The lowest BCUT2D eigenvalue weighted by atomic mass is 10.0. The topological polar surface area (TPSA) is 44.4 Å². The van der Waals surface area contributed by atoms with E-state index in [4.69, 9.17) is 0 Å². The normalized spacial score (nSPS) is 11.9. The Balaban J connectivity index is 3.77. The summed E-state index contributed by atoms with van der Waals surface area (Å²) >= 11 is 0. The van der Waals surface area contributed by atoms with Crippen LogP contribution in [0.4, 0.5) is 0 Å². The van der Waals surface area contributed by atoms with Crippen molar-refractivity contribution in [3.8, 4) is 0 Å². The van der Waals surface area contributed by atoms with Gasteiger partial charge in [-0.3, -0.25) is 4.79 Å². The van der Waals surface area contributed by atoms with Crippen molar-refractivity contribution in [2.45, 2.75) is 39.2 Å². The van der Waals surface area contributed by atoms with Gasteiger partial charge in [-0.1, -0.05) is 6.92 Å². The molecule has 0 aliphatic rings. The van der Waals surface area contributed by atoms with Gasteiger partial charge in [-0.05, 0) is 53.9 Å². The highest BCUT2D eigenvalue weighted by Gasteiger charge is 2.25. The van der Waals surface area contributed by atoms with Crippen molar-refractivity contribution < 1.29 is 4.79 Å². The van der Waals surface area contributed by atoms with Gasteiger partial charge in [-0.2, -0.15) is 0 Å². The van der Waals surface area contributed by atoms with Crippen LogP contribution in [0.15, 0.2) is 0 Å². The Hall–Kier alpha value is -0.610. The minimum Gasteiger partial charge on any atom is -0.354 e. The molecule has 0 aliphatic carbocycles. The van der Waals surface area contributed by atoms with Crippen LogP contribution >= 0.6 is 0 Å². The third-order valence-electron chi connectivity index (χ3n) is 2.45. The van der Waals surface area contributed by atoms with E-state index in [-0.39, 0.29) is 5.91 Å². The zero-order valence-electron chi connectivity index (χ0n) is 11.4. The molecule has 4 heteroatoms. The van der Waals surface area contributed by atoms with E-state index in [9.17, 15) is 4.79 Å². The van der Waals surface area contributed by atoms with Gasteiger partial charge < -0.3 is 15.5 Å². The molecule has 0 aromatic heterocycles. The average Bonchev–Trinajstić information content (AvgIpc) is 2.20. The third kappa shape index (κ3) is 6.80. The molecule has 0 atom stereocenters. The van der Waals surface area contributed by atoms with Crippen molar-refractivity contribution in [3.63, 3.8) is 0 Å². The van der Waals surface area contributed by atoms with Crippen LogP contribution in [0.3, 0.4) is 0 Å². The molecule has 4 nitrogen and oxygen atoms in total. The highest BCUT2D eigenvalue weighted by molar-refractivity contribution is 5.85. The van der Waals surface area contributed by atoms with Crippen molar-refractivity contribution in [1.29, 1.82) is 0 Å². The van der Waals surface area contributed by atoms with Gasteiger partial charge in [0.05, 0.1) is 5.54 Å². The lowest BCUT2D eigenvalue weighted by molar-refractivity contribution is -0.126. The van der Waals surface area contributed by atoms with E-state index < -0.39 is 5.54 Å². The van der Waals surface area contributed by atoms with Crippen LogP contribution in [0.2, 0.25) is 0 Å². The fourth-order valence-corrected chi connectivity index (χ4v) is 1.34. The number of carbonyl (C=O) groups is 1. The molecule has 0 aliphatic heterocycles. The number of hydrogen-bond donors (Lipinski definition) is 2. The van der Waals surface area contributed by atoms with Crippen molar-refractivity contribution >= 4 is 5.91 Å². The summed E-state index contributed by atoms with van der Waals surface area (Å²) in [5.74, 6) is 0.0831. The molecule has 0 unspecified atom stereocenters. The van der Waals surface area contributed by atoms with Crippen LogP contribution in [0.5, 0.6) is 0 Å². The molecule has 0 aromatic rings. The number of nitrogens with zero attached hydrogens (tertiary/aromatic N) is 1. The molecule has 0 heterocycles. The quantitative estimate of drug-likeness (QED) is 0.606. The smallest absolute Gasteiger partial charge is 0.239 e. The van der Waals surface area contributed by atoms with Crippen molar-refractivity contribution in [3.05, 3.63) is 0 Å². The minimum absolute atomic E-state index is 0.0831. The molecule has 2 N–H and O–H groups in total. The van der Waals surface area contributed by atoms with E-state index in [1.165, 1.54) is 0 Å². The van der Waals surface area contributed by atoms with Gasteiger partial charge in [0.25, 0.3) is 0 Å². The molecular formula is C12H27N3O. The van der Waals surface area contributed by atoms with E-state index in [2.05, 4.69) is 22.5 Å². The Kier molecular flexibility index (Phi) is 7.34. The number of amides is 1. The van der Waals surface area contributed by atoms with Crippen LogP contribution in [-0.4, -0.2) is 50.1 Å². The van der Waals surface area contributed by atoms with Gasteiger partial charge in [0.1, 0.15) is 0 Å². The number of carbonyl (C=O) groups excluding carboxylic acids is 1. The summed E-state index contributed by atoms with van der Waals surface area (Å²) < 4.78 is 0. The molecule has 1 amide bonds. The second-order valence-corrected chi connectivity index (χ2v) is 4.96. The average molecular weight is 229 g/mol. The van der Waals surface area contributed by atoms with Gasteiger partial charge in [0, 0.05) is 6.54 Å². The summed E-state index contributed by atoms with van der Waals surface area (Å²) in [6.07, 6.45) is 2.03. The van der Waals surface area contributed by atoms with Crippen LogP contribution in [0.25, 0.3) is 0 Å². The van der Waals surface area contributed by atoms with E-state index in [1.54, 1.807) is 0 Å². The predicted octanol–water partition coefficient (Wildman–Crippen LogP) is 0.833. The first-order chi connectivity index (χ1) is 7.40. The Bertz CT molecular complexity index is 202. The molecule has 96 valence electrons. The number of nitrogens with one attached hydrogen (secondary N) is 2. The van der Waals surface area contributed by atoms with Crippen molar-refractivity contribution in [1.82, 2.24) is 15.5 Å². The summed E-state index contributed by atoms with van der Waals surface area (Å²) in [7, 11) is 4.07. The highest BCUT2D eigenvalue weighted by atomic mass is 16.2. The van der Waals surface area contributed by atoms with Crippen molar-refractivity contribution in [2.24, 2.45) is 0 Å². The molecule has 0 radical (unpaired) electrons. The van der Waals surface area contributed by atoms with Crippen LogP contribution in [0, 0.1) is 0 Å². The number of hydrogen-bond acceptors (Lipinski definition) is 3. The molecule has 0 saturated heterocycles. The maximum absolute atomic E-state index is 11.8. The summed E-state index contributed by atoms with van der Waals surface area (Å²) in [5.41, 5.74) is -0.464. The van der Waals surface area contributed by atoms with Crippen LogP contribution in [-0.2, 0) is 4.79 Å². The lowest BCUT2D eigenvalue weighted by Gasteiger charge is -2.25. The second-order valence-electron chi connectivity index (χ2n) is 4.96. The minimum atomic E-state index is -0.464. The second kappa shape index (κ2) is 7.63. The maximum atomic E-state index is 11.8. The largest absolute Gasteiger partial charge is 0.354 e. The van der Waals surface area contributed by atoms with E-state index in [1.807, 2.05) is 27.9 Å². The summed E-state index contributed by atoms with van der Waals surface area (Å²) in [6.45, 7) is 8.56. The van der Waals surface area contributed by atoms with Crippen LogP contribution < -0.4 is 10.6 Å². The fraction of sp³-hybridized carbons (Fsp3) is 0.917. The number of rotatable bonds is 8. The van der Waals surface area contributed by atoms with Gasteiger partial charge in [-0.15, -0.1) is 0 Å². The van der Waals surface area contributed by atoms with Gasteiger partial charge in [0.15, 0.2) is 0 Å². The Morgan fingerprint density at radius 1 is 1.25 bits per heavy atom. The zero-order valence-corrected chi connectivity index (χ0v) is 11.4. The highest BCUT2D eigenvalue weighted by Crippen LogP contribution is 2.01. The van der Waals surface area contributed by atoms with E-state index in [0.717, 1.165) is 32.5 Å². The van der Waals surface area contributed by atoms with Crippen molar-refractivity contribution in [2.75, 3.05) is 33.7 Å². The van der Waals surface area contributed by atoms with Crippen LogP contribution in [0.1, 0.15) is 33.6 Å². The van der Waals surface area contributed by atoms with E-state index in [0.29, 0.717) is 0 Å². The monoisotopic (exact) mass is 229 g/mol. The fourth-order valence-electron chi connectivity index (χ4n) is 1.34. The zero-order chi connectivity index (χ0) is 12.6. The summed E-state index contributed by atoms with van der Waals surface area (Å²) in [6, 6.07) is 0. The molecule has 0 aromatic carbocycles. The molecule has 16 heavy (non-hydrogen) atoms. The SMILES string of the molecule is CCCNC(C)(C)C(=O)NCCCN(C)C. The molecule has 0 saturated carbocycles. The molecular weight excluding hydrogens is 202 g/mol. The third-order valence-corrected chi connectivity index (χ3v) is 2.45. The summed E-state index contributed by atoms with van der Waals surface area (Å²) in [4.78, 5) is 13.9. The molecule has 0 rings (SSSR count). The molecule has 0 fully saturated rings. The van der Waals surface area contributed by atoms with E-state index >= 15 is 0 Å². The maximum Gasteiger partial charge on any atom is 0.239 e. The Labute approximate surface area is 99.8 Å². The molecule has 0 bridgehead atoms. The first-order valence-electron chi connectivity index (χ1n) is 6.08. The van der Waals surface area contributed by atoms with Gasteiger partial charge in [0.2, 0.25) is 5.91 Å². The first kappa shape index (κ1) is 15.4. The summed E-state index contributed by atoms with van der Waals surface area (Å²) in [5, 5.41) is 6.19. The first-order valence-corrected chi connectivity index (χ1v) is 6.08. The standard InChI is InChI=1S/C12H27N3O/c1-6-8-14-12(2,3)11(16)13-9-7-10-15(4)5/h14H,6-10H2,1-5H3,(H,13,16). The lowest BCUT2D eigenvalue weighted by Crippen LogP contribution is -2.53.